The average molecular weight is 319 g/mol. The third-order valence-electron chi connectivity index (χ3n) is 3.26. The predicted octanol–water partition coefficient (Wildman–Crippen LogP) is 4.37. The van der Waals surface area contributed by atoms with Crippen LogP contribution in [0.15, 0.2) is 46.9 Å². The van der Waals surface area contributed by atoms with Crippen LogP contribution in [0.5, 0.6) is 0 Å². The van der Waals surface area contributed by atoms with Crippen LogP contribution in [0.2, 0.25) is 0 Å². The highest BCUT2D eigenvalue weighted by molar-refractivity contribution is 9.10. The van der Waals surface area contributed by atoms with Gasteiger partial charge in [-0.25, -0.2) is 0 Å². The van der Waals surface area contributed by atoms with Gasteiger partial charge in [0.2, 0.25) is 0 Å². The first-order valence-electron chi connectivity index (χ1n) is 6.49. The van der Waals surface area contributed by atoms with Gasteiger partial charge in [-0.3, -0.25) is 0 Å². The molecule has 2 rings (SSSR count). The van der Waals surface area contributed by atoms with Gasteiger partial charge in [-0.1, -0.05) is 24.3 Å². The van der Waals surface area contributed by atoms with E-state index in [2.05, 4.69) is 77.1 Å². The van der Waals surface area contributed by atoms with Gasteiger partial charge in [-0.15, -0.1) is 0 Å². The van der Waals surface area contributed by atoms with Crippen molar-refractivity contribution >= 4 is 27.3 Å². The molecule has 0 spiro atoms. The topological polar surface area (TPSA) is 29.3 Å². The van der Waals surface area contributed by atoms with Crippen molar-refractivity contribution in [3.63, 3.8) is 0 Å². The summed E-state index contributed by atoms with van der Waals surface area (Å²) in [6, 6.07) is 14.7. The second-order valence-corrected chi connectivity index (χ2v) is 5.37. The molecule has 0 atom stereocenters. The van der Waals surface area contributed by atoms with E-state index in [0.29, 0.717) is 6.54 Å². The molecule has 0 aliphatic rings. The van der Waals surface area contributed by atoms with E-state index in [1.54, 1.807) is 0 Å². The number of benzene rings is 2. The highest BCUT2D eigenvalue weighted by Crippen LogP contribution is 2.34. The van der Waals surface area contributed by atoms with Crippen molar-refractivity contribution in [1.82, 2.24) is 0 Å². The van der Waals surface area contributed by atoms with Gasteiger partial charge in [0, 0.05) is 23.2 Å². The monoisotopic (exact) mass is 318 g/mol. The van der Waals surface area contributed by atoms with E-state index < -0.39 is 0 Å². The third kappa shape index (κ3) is 2.99. The van der Waals surface area contributed by atoms with Crippen LogP contribution in [0.1, 0.15) is 18.1 Å². The number of halogens is 1. The normalized spacial score (nSPS) is 10.5. The van der Waals surface area contributed by atoms with Gasteiger partial charge in [-0.2, -0.15) is 0 Å². The van der Waals surface area contributed by atoms with Crippen molar-refractivity contribution < 1.29 is 0 Å². The summed E-state index contributed by atoms with van der Waals surface area (Å²) in [5, 5.41) is 0. The highest BCUT2D eigenvalue weighted by atomic mass is 79.9. The van der Waals surface area contributed by atoms with Crippen molar-refractivity contribution in [2.45, 2.75) is 20.4 Å². The third-order valence-corrected chi connectivity index (χ3v) is 3.90. The smallest absolute Gasteiger partial charge is 0.0555 e. The molecule has 0 radical (unpaired) electrons. The van der Waals surface area contributed by atoms with Crippen molar-refractivity contribution in [3.8, 4) is 0 Å². The summed E-state index contributed by atoms with van der Waals surface area (Å²) in [5.74, 6) is 0. The molecule has 100 valence electrons. The molecule has 0 unspecified atom stereocenters. The lowest BCUT2D eigenvalue weighted by Crippen LogP contribution is -2.17. The number of nitrogens with zero attached hydrogens (tertiary/aromatic N) is 1. The number of hydrogen-bond donors (Lipinski definition) is 1. The Balaban J connectivity index is 2.46. The highest BCUT2D eigenvalue weighted by Gasteiger charge is 2.12. The molecule has 3 heteroatoms. The molecule has 0 aliphatic carbocycles. The summed E-state index contributed by atoms with van der Waals surface area (Å²) in [4.78, 5) is 2.31. The number of nitrogens with two attached hydrogens (primary N) is 1. The molecule has 2 nitrogen and oxygen atoms in total. The zero-order chi connectivity index (χ0) is 13.8. The molecule has 0 saturated heterocycles. The standard InChI is InChI=1S/C16H19BrN2/c1-3-19(15-7-5-4-6-12(15)2)16-9-8-13(11-18)10-14(16)17/h4-10H,3,11,18H2,1-2H3. The maximum absolute atomic E-state index is 5.68. The van der Waals surface area contributed by atoms with E-state index in [9.17, 15) is 0 Å². The average Bonchev–Trinajstić information content (AvgIpc) is 2.43. The lowest BCUT2D eigenvalue weighted by Gasteiger charge is -2.26. The van der Waals surface area contributed by atoms with Crippen molar-refractivity contribution in [1.29, 1.82) is 0 Å². The van der Waals surface area contributed by atoms with Crippen LogP contribution in [-0.4, -0.2) is 6.54 Å². The van der Waals surface area contributed by atoms with Gasteiger partial charge in [0.25, 0.3) is 0 Å². The number of anilines is 2. The Morgan fingerprint density at radius 3 is 2.42 bits per heavy atom. The lowest BCUT2D eigenvalue weighted by molar-refractivity contribution is 1.00. The Morgan fingerprint density at radius 2 is 1.84 bits per heavy atom. The predicted molar refractivity (Wildman–Crippen MR) is 85.9 cm³/mol. The molecule has 0 aromatic heterocycles. The Kier molecular flexibility index (Phi) is 4.61. The van der Waals surface area contributed by atoms with Gasteiger partial charge in [-0.05, 0) is 59.1 Å². The van der Waals surface area contributed by atoms with E-state index in [0.717, 1.165) is 16.6 Å². The molecule has 2 N–H and O–H groups in total. The summed E-state index contributed by atoms with van der Waals surface area (Å²) in [6.45, 7) is 5.79. The molecular weight excluding hydrogens is 300 g/mol. The first-order valence-corrected chi connectivity index (χ1v) is 7.28. The minimum atomic E-state index is 0.565. The van der Waals surface area contributed by atoms with Gasteiger partial charge < -0.3 is 10.6 Å². The van der Waals surface area contributed by atoms with Crippen LogP contribution in [0, 0.1) is 6.92 Å². The molecule has 0 saturated carbocycles. The Morgan fingerprint density at radius 1 is 1.11 bits per heavy atom. The van der Waals surface area contributed by atoms with E-state index in [1.165, 1.54) is 16.9 Å². The fourth-order valence-corrected chi connectivity index (χ4v) is 2.87. The molecular formula is C16H19BrN2. The molecule has 0 amide bonds. The maximum atomic E-state index is 5.68. The summed E-state index contributed by atoms with van der Waals surface area (Å²) in [5.41, 5.74) is 10.5. The minimum absolute atomic E-state index is 0.565. The second kappa shape index (κ2) is 6.22. The van der Waals surface area contributed by atoms with Crippen LogP contribution < -0.4 is 10.6 Å². The quantitative estimate of drug-likeness (QED) is 0.906. The van der Waals surface area contributed by atoms with E-state index >= 15 is 0 Å². The molecule has 0 fully saturated rings. The summed E-state index contributed by atoms with van der Waals surface area (Å²) < 4.78 is 1.08. The zero-order valence-corrected chi connectivity index (χ0v) is 12.9. The fraction of sp³-hybridized carbons (Fsp3) is 0.250. The van der Waals surface area contributed by atoms with Crippen LogP contribution in [0.4, 0.5) is 11.4 Å². The number of para-hydroxylation sites is 1. The van der Waals surface area contributed by atoms with Gasteiger partial charge in [0.1, 0.15) is 0 Å². The molecule has 0 aliphatic heterocycles. The molecule has 0 bridgehead atoms. The van der Waals surface area contributed by atoms with Crippen LogP contribution in [0.25, 0.3) is 0 Å². The molecule has 2 aromatic rings. The second-order valence-electron chi connectivity index (χ2n) is 4.52. The largest absolute Gasteiger partial charge is 0.341 e. The number of rotatable bonds is 4. The molecule has 19 heavy (non-hydrogen) atoms. The Labute approximate surface area is 123 Å². The number of aryl methyl sites for hydroxylation is 1. The van der Waals surface area contributed by atoms with Gasteiger partial charge in [0.15, 0.2) is 0 Å². The van der Waals surface area contributed by atoms with Crippen molar-refractivity contribution in [2.24, 2.45) is 5.73 Å². The fourth-order valence-electron chi connectivity index (χ4n) is 2.23. The SMILES string of the molecule is CCN(c1ccccc1C)c1ccc(CN)cc1Br. The zero-order valence-electron chi connectivity index (χ0n) is 11.4. The first kappa shape index (κ1) is 14.1. The van der Waals surface area contributed by atoms with Crippen LogP contribution in [0.3, 0.4) is 0 Å². The summed E-state index contributed by atoms with van der Waals surface area (Å²) in [7, 11) is 0. The van der Waals surface area contributed by atoms with E-state index in [1.807, 2.05) is 0 Å². The van der Waals surface area contributed by atoms with Gasteiger partial charge in [0.05, 0.1) is 5.69 Å². The van der Waals surface area contributed by atoms with Gasteiger partial charge >= 0.3 is 0 Å². The summed E-state index contributed by atoms with van der Waals surface area (Å²) >= 11 is 3.65. The Bertz CT molecular complexity index is 566. The molecule has 2 aromatic carbocycles. The first-order chi connectivity index (χ1) is 9.17. The number of hydrogen-bond acceptors (Lipinski definition) is 2. The maximum Gasteiger partial charge on any atom is 0.0555 e. The Hall–Kier alpha value is -1.32. The molecule has 0 heterocycles. The van der Waals surface area contributed by atoms with E-state index in [4.69, 9.17) is 5.73 Å². The van der Waals surface area contributed by atoms with Crippen LogP contribution >= 0.6 is 15.9 Å². The van der Waals surface area contributed by atoms with E-state index in [-0.39, 0.29) is 0 Å². The van der Waals surface area contributed by atoms with Crippen LogP contribution in [-0.2, 0) is 6.54 Å². The van der Waals surface area contributed by atoms with Crippen molar-refractivity contribution in [3.05, 3.63) is 58.1 Å². The lowest BCUT2D eigenvalue weighted by atomic mass is 10.1. The summed E-state index contributed by atoms with van der Waals surface area (Å²) in [6.07, 6.45) is 0. The minimum Gasteiger partial charge on any atom is -0.341 e. The van der Waals surface area contributed by atoms with Crippen molar-refractivity contribution in [2.75, 3.05) is 11.4 Å².